The topological polar surface area (TPSA) is 53.4 Å². The molecule has 2 aromatic heterocycles. The lowest BCUT2D eigenvalue weighted by Crippen LogP contribution is -2.29. The van der Waals surface area contributed by atoms with E-state index in [-0.39, 0.29) is 12.1 Å². The summed E-state index contributed by atoms with van der Waals surface area (Å²) in [6.07, 6.45) is 2.19. The molecular weight excluding hydrogens is 456 g/mol. The van der Waals surface area contributed by atoms with Crippen molar-refractivity contribution < 1.29 is 14.3 Å². The van der Waals surface area contributed by atoms with Crippen LogP contribution in [0, 0.1) is 5.41 Å². The summed E-state index contributed by atoms with van der Waals surface area (Å²) in [5.41, 5.74) is 4.58. The molecule has 0 fully saturated rings. The normalized spacial score (nSPS) is 12.9. The molecule has 6 heteroatoms. The van der Waals surface area contributed by atoms with Crippen molar-refractivity contribution in [1.29, 1.82) is 0 Å². The number of benzene rings is 1. The van der Waals surface area contributed by atoms with Gasteiger partial charge < -0.3 is 14.0 Å². The summed E-state index contributed by atoms with van der Waals surface area (Å²) >= 11 is 3.63. The quantitative estimate of drug-likeness (QED) is 0.349. The molecule has 1 atom stereocenters. The van der Waals surface area contributed by atoms with Crippen molar-refractivity contribution in [1.82, 2.24) is 9.55 Å². The van der Waals surface area contributed by atoms with Gasteiger partial charge in [0.1, 0.15) is 0 Å². The molecular formula is C25H31BrN2O3. The number of hydrogen-bond donors (Lipinski definition) is 0. The van der Waals surface area contributed by atoms with E-state index in [4.69, 9.17) is 9.47 Å². The Balaban J connectivity index is 2.34. The minimum atomic E-state index is -0.671. The number of carbonyl (C=O) groups is 1. The molecule has 0 radical (unpaired) electrons. The second-order valence-corrected chi connectivity index (χ2v) is 9.24. The average Bonchev–Trinajstić information content (AvgIpc) is 3.05. The van der Waals surface area contributed by atoms with E-state index in [0.29, 0.717) is 13.0 Å². The third-order valence-corrected chi connectivity index (χ3v) is 6.22. The summed E-state index contributed by atoms with van der Waals surface area (Å²) in [4.78, 5) is 17.4. The molecule has 1 unspecified atom stereocenters. The number of halogens is 1. The summed E-state index contributed by atoms with van der Waals surface area (Å²) in [5, 5.41) is 1.13. The maximum Gasteiger partial charge on any atom is 0.311 e. The number of carbonyl (C=O) groups excluding carboxylic acids is 1. The van der Waals surface area contributed by atoms with Crippen LogP contribution in [0.4, 0.5) is 0 Å². The van der Waals surface area contributed by atoms with E-state index in [1.54, 1.807) is 13.3 Å². The molecule has 0 aliphatic rings. The molecule has 0 saturated heterocycles. The van der Waals surface area contributed by atoms with Gasteiger partial charge in [-0.3, -0.25) is 9.78 Å². The maximum atomic E-state index is 12.7. The number of hydrogen-bond acceptors (Lipinski definition) is 4. The monoisotopic (exact) mass is 486 g/mol. The number of methoxy groups -OCH3 is 1. The molecule has 31 heavy (non-hydrogen) atoms. The number of aryl methyl sites for hydroxylation is 1. The van der Waals surface area contributed by atoms with Crippen molar-refractivity contribution >= 4 is 32.8 Å². The third kappa shape index (κ3) is 4.55. The molecule has 5 nitrogen and oxygen atoms in total. The molecule has 3 rings (SSSR count). The SMILES string of the molecule is CCOC(=O)C(C)(C)Cc1c(-c2cccnc2C(C)OC)n(CC)c2ccc(Br)cc12. The summed E-state index contributed by atoms with van der Waals surface area (Å²) in [5.74, 6) is -0.190. The van der Waals surface area contributed by atoms with Crippen LogP contribution < -0.4 is 0 Å². The van der Waals surface area contributed by atoms with Crippen LogP contribution in [0.2, 0.25) is 0 Å². The second-order valence-electron chi connectivity index (χ2n) is 8.33. The second kappa shape index (κ2) is 9.53. The standard InChI is InChI=1S/C25H31BrN2O3/c1-7-28-21-12-11-17(26)14-19(21)20(15-25(4,5)24(29)31-8-2)23(28)18-10-9-13-27-22(18)16(3)30-6/h9-14,16H,7-8,15H2,1-6H3. The van der Waals surface area contributed by atoms with Gasteiger partial charge in [0.15, 0.2) is 0 Å². The Bertz CT molecular complexity index is 1090. The Morgan fingerprint density at radius 1 is 1.26 bits per heavy atom. The van der Waals surface area contributed by atoms with Gasteiger partial charge in [0, 0.05) is 40.8 Å². The van der Waals surface area contributed by atoms with Crippen LogP contribution in [0.1, 0.15) is 52.0 Å². The number of pyridine rings is 1. The predicted octanol–water partition coefficient (Wildman–Crippen LogP) is 6.32. The van der Waals surface area contributed by atoms with E-state index < -0.39 is 5.41 Å². The zero-order valence-corrected chi connectivity index (χ0v) is 20.7. The Hall–Kier alpha value is -2.18. The largest absolute Gasteiger partial charge is 0.466 e. The van der Waals surface area contributed by atoms with E-state index in [1.165, 1.54) is 0 Å². The number of aromatic nitrogens is 2. The Labute approximate surface area is 192 Å². The molecule has 1 aromatic carbocycles. The van der Waals surface area contributed by atoms with Gasteiger partial charge in [0.2, 0.25) is 0 Å². The molecule has 0 saturated carbocycles. The van der Waals surface area contributed by atoms with Crippen molar-refractivity contribution in [2.45, 2.75) is 53.7 Å². The van der Waals surface area contributed by atoms with Gasteiger partial charge in [-0.05, 0) is 76.9 Å². The first-order chi connectivity index (χ1) is 14.7. The minimum Gasteiger partial charge on any atom is -0.466 e. The van der Waals surface area contributed by atoms with Gasteiger partial charge in [-0.15, -0.1) is 0 Å². The van der Waals surface area contributed by atoms with Crippen LogP contribution in [0.15, 0.2) is 41.0 Å². The zero-order chi connectivity index (χ0) is 22.8. The average molecular weight is 487 g/mol. The fourth-order valence-electron chi connectivity index (χ4n) is 4.11. The number of rotatable bonds is 8. The van der Waals surface area contributed by atoms with Crippen molar-refractivity contribution in [3.8, 4) is 11.3 Å². The highest BCUT2D eigenvalue weighted by atomic mass is 79.9. The Kier molecular flexibility index (Phi) is 7.22. The van der Waals surface area contributed by atoms with Crippen LogP contribution in [-0.4, -0.2) is 29.2 Å². The highest BCUT2D eigenvalue weighted by Gasteiger charge is 2.33. The fourth-order valence-corrected chi connectivity index (χ4v) is 4.47. The molecule has 0 bridgehead atoms. The van der Waals surface area contributed by atoms with Crippen molar-refractivity contribution in [2.75, 3.05) is 13.7 Å². The lowest BCUT2D eigenvalue weighted by Gasteiger charge is -2.24. The molecule has 166 valence electrons. The number of ether oxygens (including phenoxy) is 2. The highest BCUT2D eigenvalue weighted by molar-refractivity contribution is 9.10. The third-order valence-electron chi connectivity index (χ3n) is 5.73. The van der Waals surface area contributed by atoms with Crippen LogP contribution in [0.25, 0.3) is 22.2 Å². The van der Waals surface area contributed by atoms with E-state index in [0.717, 1.165) is 44.4 Å². The van der Waals surface area contributed by atoms with Crippen molar-refractivity contribution in [2.24, 2.45) is 5.41 Å². The van der Waals surface area contributed by atoms with Gasteiger partial charge >= 0.3 is 5.97 Å². The predicted molar refractivity (Wildman–Crippen MR) is 128 cm³/mol. The summed E-state index contributed by atoms with van der Waals surface area (Å²) < 4.78 is 14.3. The summed E-state index contributed by atoms with van der Waals surface area (Å²) in [6.45, 7) is 11.0. The van der Waals surface area contributed by atoms with Gasteiger partial charge in [0.25, 0.3) is 0 Å². The van der Waals surface area contributed by atoms with Crippen LogP contribution in [0.5, 0.6) is 0 Å². The number of esters is 1. The van der Waals surface area contributed by atoms with Gasteiger partial charge in [-0.25, -0.2) is 0 Å². The number of fused-ring (bicyclic) bond motifs is 1. The number of nitrogens with zero attached hydrogens (tertiary/aromatic N) is 2. The molecule has 0 aliphatic heterocycles. The summed E-state index contributed by atoms with van der Waals surface area (Å²) in [6, 6.07) is 10.4. The first-order valence-electron chi connectivity index (χ1n) is 10.7. The highest BCUT2D eigenvalue weighted by Crippen LogP contribution is 2.41. The fraction of sp³-hybridized carbons (Fsp3) is 0.440. The van der Waals surface area contributed by atoms with Crippen molar-refractivity contribution in [3.05, 3.63) is 52.3 Å². The lowest BCUT2D eigenvalue weighted by molar-refractivity contribution is -0.153. The molecule has 2 heterocycles. The van der Waals surface area contributed by atoms with E-state index in [1.807, 2.05) is 33.8 Å². The lowest BCUT2D eigenvalue weighted by atomic mass is 9.83. The molecule has 3 aromatic rings. The maximum absolute atomic E-state index is 12.7. The van der Waals surface area contributed by atoms with Gasteiger partial charge in [-0.1, -0.05) is 15.9 Å². The molecule has 0 aliphatic carbocycles. The van der Waals surface area contributed by atoms with Crippen molar-refractivity contribution in [3.63, 3.8) is 0 Å². The van der Waals surface area contributed by atoms with E-state index in [2.05, 4.69) is 56.7 Å². The molecule has 0 spiro atoms. The van der Waals surface area contributed by atoms with Crippen LogP contribution in [-0.2, 0) is 27.2 Å². The molecule has 0 N–H and O–H groups in total. The van der Waals surface area contributed by atoms with E-state index >= 15 is 0 Å². The van der Waals surface area contributed by atoms with E-state index in [9.17, 15) is 4.79 Å². The molecule has 0 amide bonds. The van der Waals surface area contributed by atoms with Crippen LogP contribution >= 0.6 is 15.9 Å². The first-order valence-corrected chi connectivity index (χ1v) is 11.5. The first kappa shape index (κ1) is 23.5. The Morgan fingerprint density at radius 3 is 2.65 bits per heavy atom. The van der Waals surface area contributed by atoms with Gasteiger partial charge in [0.05, 0.1) is 29.5 Å². The Morgan fingerprint density at radius 2 is 2.00 bits per heavy atom. The smallest absolute Gasteiger partial charge is 0.311 e. The zero-order valence-electron chi connectivity index (χ0n) is 19.2. The van der Waals surface area contributed by atoms with Crippen LogP contribution in [0.3, 0.4) is 0 Å². The van der Waals surface area contributed by atoms with Gasteiger partial charge in [-0.2, -0.15) is 0 Å². The summed E-state index contributed by atoms with van der Waals surface area (Å²) in [7, 11) is 1.69. The minimum absolute atomic E-state index is 0.155.